The van der Waals surface area contributed by atoms with E-state index in [-0.39, 0.29) is 23.9 Å². The van der Waals surface area contributed by atoms with Gasteiger partial charge in [-0.1, -0.05) is 19.1 Å². The molecular formula is C24H34N4O4. The summed E-state index contributed by atoms with van der Waals surface area (Å²) in [5.41, 5.74) is 0.214. The van der Waals surface area contributed by atoms with E-state index in [9.17, 15) is 14.4 Å². The second-order valence-corrected chi connectivity index (χ2v) is 9.17. The number of ether oxygens (including phenoxy) is 1. The number of urea groups is 1. The highest BCUT2D eigenvalue weighted by Crippen LogP contribution is 2.32. The molecule has 32 heavy (non-hydrogen) atoms. The number of hydrogen-bond donors (Lipinski definition) is 1. The number of rotatable bonds is 6. The molecule has 0 saturated carbocycles. The highest BCUT2D eigenvalue weighted by Gasteiger charge is 2.54. The number of benzene rings is 1. The molecule has 8 nitrogen and oxygen atoms in total. The number of nitrogens with one attached hydrogen (secondary N) is 1. The summed E-state index contributed by atoms with van der Waals surface area (Å²) in [6, 6.07) is 7.12. The quantitative estimate of drug-likeness (QED) is 0.682. The number of amides is 4. The van der Waals surface area contributed by atoms with Gasteiger partial charge in [0, 0.05) is 32.2 Å². The summed E-state index contributed by atoms with van der Waals surface area (Å²) in [7, 11) is 1.62. The third-order valence-electron chi connectivity index (χ3n) is 7.14. The fourth-order valence-corrected chi connectivity index (χ4v) is 5.19. The maximum Gasteiger partial charge on any atom is 0.325 e. The van der Waals surface area contributed by atoms with Crippen molar-refractivity contribution in [1.29, 1.82) is 0 Å². The number of carbonyl (C=O) groups excluding carboxylic acids is 3. The van der Waals surface area contributed by atoms with Crippen molar-refractivity contribution in [3.63, 3.8) is 0 Å². The molecule has 4 rings (SSSR count). The summed E-state index contributed by atoms with van der Waals surface area (Å²) in [6.07, 6.45) is 4.04. The summed E-state index contributed by atoms with van der Waals surface area (Å²) in [5, 5.41) is 3.03. The van der Waals surface area contributed by atoms with Crippen molar-refractivity contribution in [3.8, 4) is 5.75 Å². The van der Waals surface area contributed by atoms with E-state index >= 15 is 0 Å². The van der Waals surface area contributed by atoms with Crippen LogP contribution < -0.4 is 10.1 Å². The zero-order valence-corrected chi connectivity index (χ0v) is 19.1. The number of likely N-dealkylation sites (tertiary alicyclic amines) is 2. The third kappa shape index (κ3) is 4.46. The lowest BCUT2D eigenvalue weighted by molar-refractivity contribution is -0.136. The molecule has 4 amide bonds. The molecule has 0 radical (unpaired) electrons. The van der Waals surface area contributed by atoms with Crippen LogP contribution in [0.3, 0.4) is 0 Å². The summed E-state index contributed by atoms with van der Waals surface area (Å²) in [5.74, 6) is 0.775. The van der Waals surface area contributed by atoms with Gasteiger partial charge in [-0.2, -0.15) is 0 Å². The molecule has 0 unspecified atom stereocenters. The zero-order valence-electron chi connectivity index (χ0n) is 19.1. The Morgan fingerprint density at radius 3 is 2.34 bits per heavy atom. The van der Waals surface area contributed by atoms with Gasteiger partial charge in [-0.15, -0.1) is 0 Å². The van der Waals surface area contributed by atoms with E-state index in [0.717, 1.165) is 37.4 Å². The average molecular weight is 443 g/mol. The molecule has 3 saturated heterocycles. The molecule has 1 aromatic rings. The Morgan fingerprint density at radius 2 is 1.75 bits per heavy atom. The number of nitrogens with zero attached hydrogens (tertiary/aromatic N) is 3. The van der Waals surface area contributed by atoms with E-state index in [0.29, 0.717) is 45.2 Å². The van der Waals surface area contributed by atoms with Crippen molar-refractivity contribution in [1.82, 2.24) is 20.0 Å². The smallest absolute Gasteiger partial charge is 0.325 e. The molecule has 3 aliphatic heterocycles. The Kier molecular flexibility index (Phi) is 6.69. The monoisotopic (exact) mass is 442 g/mol. The van der Waals surface area contributed by atoms with E-state index in [1.54, 1.807) is 7.11 Å². The highest BCUT2D eigenvalue weighted by molar-refractivity contribution is 6.07. The molecule has 0 atom stereocenters. The van der Waals surface area contributed by atoms with Gasteiger partial charge in [0.25, 0.3) is 5.91 Å². The first-order valence-corrected chi connectivity index (χ1v) is 11.7. The molecule has 3 heterocycles. The van der Waals surface area contributed by atoms with Crippen LogP contribution in [0.5, 0.6) is 5.75 Å². The lowest BCUT2D eigenvalue weighted by Crippen LogP contribution is -2.55. The minimum Gasteiger partial charge on any atom is -0.497 e. The van der Waals surface area contributed by atoms with Crippen LogP contribution in [0.15, 0.2) is 24.3 Å². The predicted molar refractivity (Wildman–Crippen MR) is 120 cm³/mol. The van der Waals surface area contributed by atoms with Crippen molar-refractivity contribution in [2.75, 3.05) is 39.8 Å². The van der Waals surface area contributed by atoms with E-state index in [4.69, 9.17) is 4.74 Å². The van der Waals surface area contributed by atoms with Crippen molar-refractivity contribution >= 4 is 17.8 Å². The van der Waals surface area contributed by atoms with Crippen LogP contribution in [0.1, 0.15) is 44.6 Å². The van der Waals surface area contributed by atoms with E-state index in [1.807, 2.05) is 29.2 Å². The van der Waals surface area contributed by atoms with Gasteiger partial charge in [0.2, 0.25) is 5.91 Å². The first-order chi connectivity index (χ1) is 15.5. The van der Waals surface area contributed by atoms with Crippen LogP contribution in [0.25, 0.3) is 0 Å². The molecular weight excluding hydrogens is 408 g/mol. The molecule has 0 aromatic heterocycles. The Balaban J connectivity index is 1.31. The molecule has 0 aliphatic carbocycles. The number of carbonyl (C=O) groups is 3. The number of imide groups is 1. The predicted octanol–water partition coefficient (Wildman–Crippen LogP) is 2.03. The van der Waals surface area contributed by atoms with Crippen molar-refractivity contribution in [2.45, 2.75) is 57.0 Å². The van der Waals surface area contributed by atoms with Gasteiger partial charge >= 0.3 is 6.03 Å². The molecule has 1 aromatic carbocycles. The fraction of sp³-hybridized carbons (Fsp3) is 0.625. The van der Waals surface area contributed by atoms with Gasteiger partial charge in [0.05, 0.1) is 13.5 Å². The summed E-state index contributed by atoms with van der Waals surface area (Å²) >= 11 is 0. The highest BCUT2D eigenvalue weighted by atomic mass is 16.5. The van der Waals surface area contributed by atoms with E-state index < -0.39 is 5.54 Å². The minimum atomic E-state index is -0.733. The van der Waals surface area contributed by atoms with Gasteiger partial charge in [-0.25, -0.2) is 4.79 Å². The summed E-state index contributed by atoms with van der Waals surface area (Å²) in [4.78, 5) is 44.5. The lowest BCUT2D eigenvalue weighted by Gasteiger charge is -2.38. The number of methoxy groups -OCH3 is 1. The van der Waals surface area contributed by atoms with Crippen LogP contribution in [0.4, 0.5) is 4.79 Å². The lowest BCUT2D eigenvalue weighted by atomic mass is 9.87. The first-order valence-electron chi connectivity index (χ1n) is 11.7. The molecule has 174 valence electrons. The zero-order chi connectivity index (χ0) is 22.7. The molecule has 8 heteroatoms. The maximum absolute atomic E-state index is 13.3. The number of hydrogen-bond acceptors (Lipinski definition) is 5. The van der Waals surface area contributed by atoms with Crippen LogP contribution in [0.2, 0.25) is 0 Å². The fourth-order valence-electron chi connectivity index (χ4n) is 5.19. The van der Waals surface area contributed by atoms with Crippen molar-refractivity contribution in [3.05, 3.63) is 29.8 Å². The number of piperidine rings is 2. The minimum absolute atomic E-state index is 0.0679. The first kappa shape index (κ1) is 22.6. The van der Waals surface area contributed by atoms with Crippen LogP contribution >= 0.6 is 0 Å². The SMILES string of the molecule is CCCN1CCC2(CC1)NC(=O)N(C1CCN(C(=O)Cc3ccc(OC)cc3)CC1)C2=O. The normalized spacial score (nSPS) is 21.8. The summed E-state index contributed by atoms with van der Waals surface area (Å²) in [6.45, 7) is 5.99. The van der Waals surface area contributed by atoms with Crippen LogP contribution in [0, 0.1) is 0 Å². The second-order valence-electron chi connectivity index (χ2n) is 9.17. The summed E-state index contributed by atoms with van der Waals surface area (Å²) < 4.78 is 5.16. The van der Waals surface area contributed by atoms with Gasteiger partial charge in [-0.3, -0.25) is 14.5 Å². The molecule has 3 fully saturated rings. The van der Waals surface area contributed by atoms with Crippen molar-refractivity contribution in [2.24, 2.45) is 0 Å². The second kappa shape index (κ2) is 9.48. The van der Waals surface area contributed by atoms with Crippen molar-refractivity contribution < 1.29 is 19.1 Å². The van der Waals surface area contributed by atoms with Gasteiger partial charge in [-0.05, 0) is 56.3 Å². The molecule has 3 aliphatic rings. The largest absolute Gasteiger partial charge is 0.497 e. The van der Waals surface area contributed by atoms with Crippen LogP contribution in [-0.4, -0.2) is 84.0 Å². The maximum atomic E-state index is 13.3. The third-order valence-corrected chi connectivity index (χ3v) is 7.14. The Labute approximate surface area is 189 Å². The van der Waals surface area contributed by atoms with Gasteiger partial charge < -0.3 is 19.9 Å². The molecule has 1 N–H and O–H groups in total. The average Bonchev–Trinajstić information content (AvgIpc) is 3.05. The van der Waals surface area contributed by atoms with Gasteiger partial charge in [0.15, 0.2) is 0 Å². The Morgan fingerprint density at radius 1 is 1.09 bits per heavy atom. The molecule has 0 bridgehead atoms. The van der Waals surface area contributed by atoms with Crippen LogP contribution in [-0.2, 0) is 16.0 Å². The Hall–Kier alpha value is -2.61. The Bertz CT molecular complexity index is 840. The van der Waals surface area contributed by atoms with E-state index in [1.165, 1.54) is 4.90 Å². The van der Waals surface area contributed by atoms with E-state index in [2.05, 4.69) is 17.1 Å². The van der Waals surface area contributed by atoms with Gasteiger partial charge in [0.1, 0.15) is 11.3 Å². The standard InChI is InChI=1S/C24H34N4O4/c1-3-12-26-15-10-24(11-16-26)22(30)28(23(31)25-24)19-8-13-27(14-9-19)21(29)17-18-4-6-20(32-2)7-5-18/h4-7,19H,3,8-17H2,1-2H3,(H,25,31). The molecule has 1 spiro atoms. The topological polar surface area (TPSA) is 82.2 Å².